The fourth-order valence-electron chi connectivity index (χ4n) is 5.58. The van der Waals surface area contributed by atoms with Crippen LogP contribution >= 0.6 is 11.3 Å². The Kier molecular flexibility index (Phi) is 5.64. The number of fused-ring (bicyclic) bond motifs is 4. The van der Waals surface area contributed by atoms with Crippen LogP contribution in [0, 0.1) is 0 Å². The molecule has 0 fully saturated rings. The first-order chi connectivity index (χ1) is 20.3. The molecule has 0 N–H and O–H groups in total. The Morgan fingerprint density at radius 3 is 1.80 bits per heavy atom. The van der Waals surface area contributed by atoms with E-state index < -0.39 is 0 Å². The second-order valence-electron chi connectivity index (χ2n) is 10.1. The molecule has 8 rings (SSSR count). The van der Waals surface area contributed by atoms with E-state index in [9.17, 15) is 0 Å². The summed E-state index contributed by atoms with van der Waals surface area (Å²) in [6, 6.07) is 48.6. The molecule has 2 heterocycles. The van der Waals surface area contributed by atoms with Gasteiger partial charge in [-0.25, -0.2) is 15.0 Å². The van der Waals surface area contributed by atoms with Gasteiger partial charge in [-0.15, -0.1) is 11.3 Å². The maximum atomic E-state index is 5.14. The molecule has 192 valence electrons. The third-order valence-electron chi connectivity index (χ3n) is 7.53. The van der Waals surface area contributed by atoms with E-state index in [0.717, 1.165) is 27.8 Å². The summed E-state index contributed by atoms with van der Waals surface area (Å²) in [5.41, 5.74) is 5.18. The van der Waals surface area contributed by atoms with Gasteiger partial charge in [0.25, 0.3) is 0 Å². The summed E-state index contributed by atoms with van der Waals surface area (Å²) in [6.07, 6.45) is 0. The van der Waals surface area contributed by atoms with Crippen molar-refractivity contribution in [2.45, 2.75) is 0 Å². The number of aromatic nitrogens is 3. The fourth-order valence-corrected chi connectivity index (χ4v) is 6.67. The lowest BCUT2D eigenvalue weighted by atomic mass is 9.93. The van der Waals surface area contributed by atoms with Crippen molar-refractivity contribution in [2.75, 3.05) is 0 Å². The number of benzene rings is 6. The van der Waals surface area contributed by atoms with E-state index in [-0.39, 0.29) is 0 Å². The van der Waals surface area contributed by atoms with Crippen molar-refractivity contribution in [1.82, 2.24) is 15.0 Å². The molecular formula is C37H23N3S. The van der Waals surface area contributed by atoms with E-state index in [1.165, 1.54) is 30.9 Å². The molecule has 0 saturated heterocycles. The van der Waals surface area contributed by atoms with Gasteiger partial charge in [-0.3, -0.25) is 0 Å². The monoisotopic (exact) mass is 541 g/mol. The molecule has 0 amide bonds. The van der Waals surface area contributed by atoms with Crippen LogP contribution in [0.25, 0.3) is 76.2 Å². The first-order valence-corrected chi connectivity index (χ1v) is 14.4. The molecule has 0 bridgehead atoms. The molecule has 2 aromatic heterocycles. The highest BCUT2D eigenvalue weighted by Gasteiger charge is 2.18. The van der Waals surface area contributed by atoms with Gasteiger partial charge in [0.05, 0.1) is 0 Å². The summed E-state index contributed by atoms with van der Waals surface area (Å²) in [5, 5.41) is 4.84. The zero-order chi connectivity index (χ0) is 27.2. The minimum atomic E-state index is 0.660. The van der Waals surface area contributed by atoms with Gasteiger partial charge in [-0.2, -0.15) is 0 Å². The lowest BCUT2D eigenvalue weighted by molar-refractivity contribution is 1.08. The molecule has 0 aliphatic heterocycles. The van der Waals surface area contributed by atoms with Gasteiger partial charge in [0.1, 0.15) is 0 Å². The second-order valence-corrected chi connectivity index (χ2v) is 11.1. The molecule has 0 spiro atoms. The number of thiophene rings is 1. The fraction of sp³-hybridized carbons (Fsp3) is 0. The van der Waals surface area contributed by atoms with E-state index in [2.05, 4.69) is 115 Å². The van der Waals surface area contributed by atoms with Crippen LogP contribution in [0.3, 0.4) is 0 Å². The number of rotatable bonds is 4. The van der Waals surface area contributed by atoms with Crippen LogP contribution in [-0.2, 0) is 0 Å². The summed E-state index contributed by atoms with van der Waals surface area (Å²) in [5.74, 6) is 1.99. The summed E-state index contributed by atoms with van der Waals surface area (Å²) in [6.45, 7) is 0. The Morgan fingerprint density at radius 1 is 0.390 bits per heavy atom. The Morgan fingerprint density at radius 2 is 1.00 bits per heavy atom. The highest BCUT2D eigenvalue weighted by molar-refractivity contribution is 7.25. The van der Waals surface area contributed by atoms with E-state index >= 15 is 0 Å². The van der Waals surface area contributed by atoms with E-state index in [1.54, 1.807) is 0 Å². The van der Waals surface area contributed by atoms with Crippen molar-refractivity contribution in [3.63, 3.8) is 0 Å². The molecule has 0 radical (unpaired) electrons. The molecule has 8 aromatic rings. The maximum absolute atomic E-state index is 5.14. The first kappa shape index (κ1) is 23.7. The largest absolute Gasteiger partial charge is 0.208 e. The third kappa shape index (κ3) is 4.17. The topological polar surface area (TPSA) is 38.7 Å². The van der Waals surface area contributed by atoms with Gasteiger partial charge >= 0.3 is 0 Å². The van der Waals surface area contributed by atoms with Gasteiger partial charge in [0, 0.05) is 42.4 Å². The quantitative estimate of drug-likeness (QED) is 0.222. The number of hydrogen-bond donors (Lipinski definition) is 0. The van der Waals surface area contributed by atoms with Crippen molar-refractivity contribution in [3.05, 3.63) is 140 Å². The molecule has 0 saturated carbocycles. The smallest absolute Gasteiger partial charge is 0.164 e. The summed E-state index contributed by atoms with van der Waals surface area (Å²) < 4.78 is 2.54. The summed E-state index contributed by atoms with van der Waals surface area (Å²) in [4.78, 5) is 15.2. The molecule has 0 atom stereocenters. The lowest BCUT2D eigenvalue weighted by Crippen LogP contribution is -2.01. The zero-order valence-corrected chi connectivity index (χ0v) is 22.8. The molecule has 3 nitrogen and oxygen atoms in total. The van der Waals surface area contributed by atoms with Gasteiger partial charge < -0.3 is 0 Å². The van der Waals surface area contributed by atoms with E-state index in [0.29, 0.717) is 17.5 Å². The van der Waals surface area contributed by atoms with Crippen molar-refractivity contribution < 1.29 is 0 Å². The van der Waals surface area contributed by atoms with Gasteiger partial charge in [0.2, 0.25) is 0 Å². The second kappa shape index (κ2) is 9.77. The minimum Gasteiger partial charge on any atom is -0.208 e. The average molecular weight is 542 g/mol. The normalized spacial score (nSPS) is 11.4. The highest BCUT2D eigenvalue weighted by Crippen LogP contribution is 2.39. The predicted octanol–water partition coefficient (Wildman–Crippen LogP) is 10.1. The Hall–Kier alpha value is -5.19. The van der Waals surface area contributed by atoms with Crippen molar-refractivity contribution in [2.24, 2.45) is 0 Å². The van der Waals surface area contributed by atoms with Crippen LogP contribution in [0.5, 0.6) is 0 Å². The van der Waals surface area contributed by atoms with E-state index in [1.807, 2.05) is 35.6 Å². The minimum absolute atomic E-state index is 0.660. The molecule has 0 aliphatic carbocycles. The van der Waals surface area contributed by atoms with Gasteiger partial charge in [-0.1, -0.05) is 109 Å². The Bertz CT molecular complexity index is 2200. The maximum Gasteiger partial charge on any atom is 0.164 e. The van der Waals surface area contributed by atoms with E-state index in [4.69, 9.17) is 15.0 Å². The van der Waals surface area contributed by atoms with Crippen LogP contribution in [0.1, 0.15) is 0 Å². The van der Waals surface area contributed by atoms with Crippen LogP contribution in [-0.4, -0.2) is 15.0 Å². The average Bonchev–Trinajstić information content (AvgIpc) is 3.43. The Balaban J connectivity index is 1.40. The molecular weight excluding hydrogens is 518 g/mol. The number of nitrogens with zero attached hydrogens (tertiary/aromatic N) is 3. The van der Waals surface area contributed by atoms with Crippen molar-refractivity contribution in [1.29, 1.82) is 0 Å². The van der Waals surface area contributed by atoms with Gasteiger partial charge in [-0.05, 0) is 46.7 Å². The summed E-state index contributed by atoms with van der Waals surface area (Å²) >= 11 is 1.81. The summed E-state index contributed by atoms with van der Waals surface area (Å²) in [7, 11) is 0. The first-order valence-electron chi connectivity index (χ1n) is 13.6. The highest BCUT2D eigenvalue weighted by atomic mass is 32.1. The molecule has 41 heavy (non-hydrogen) atoms. The predicted molar refractivity (Wildman–Crippen MR) is 172 cm³/mol. The molecule has 0 aliphatic rings. The standard InChI is InChI=1S/C37H23N3S/c1-3-12-25(13-4-1)34-28-16-8-7-11-24(28)19-21-30(34)37-39-35(26-14-5-2-6-15-26)38-36(40-37)27-20-22-33-31(23-27)29-17-9-10-18-32(29)41-33/h1-23H. The Labute approximate surface area is 241 Å². The SMILES string of the molecule is c1ccc(-c2nc(-c3ccc4sc5ccccc5c4c3)nc(-c3ccc4ccccc4c3-c3ccccc3)n2)cc1. The zero-order valence-electron chi connectivity index (χ0n) is 22.0. The third-order valence-corrected chi connectivity index (χ3v) is 8.69. The van der Waals surface area contributed by atoms with Crippen LogP contribution in [0.15, 0.2) is 140 Å². The lowest BCUT2D eigenvalue weighted by Gasteiger charge is -2.14. The van der Waals surface area contributed by atoms with Crippen molar-refractivity contribution in [3.8, 4) is 45.3 Å². The van der Waals surface area contributed by atoms with Crippen LogP contribution in [0.4, 0.5) is 0 Å². The number of hydrogen-bond acceptors (Lipinski definition) is 4. The van der Waals surface area contributed by atoms with Gasteiger partial charge in [0.15, 0.2) is 17.5 Å². The van der Waals surface area contributed by atoms with Crippen LogP contribution < -0.4 is 0 Å². The molecule has 0 unspecified atom stereocenters. The van der Waals surface area contributed by atoms with Crippen molar-refractivity contribution >= 4 is 42.3 Å². The van der Waals surface area contributed by atoms with Crippen LogP contribution in [0.2, 0.25) is 0 Å². The molecule has 6 aromatic carbocycles. The molecule has 4 heteroatoms.